The lowest BCUT2D eigenvalue weighted by Gasteiger charge is -2.32. The number of anilines is 1. The summed E-state index contributed by atoms with van der Waals surface area (Å²) in [7, 11) is 0. The molecule has 1 aromatic rings. The van der Waals surface area contributed by atoms with E-state index in [1.807, 2.05) is 19.1 Å². The molecule has 2 heterocycles. The first-order valence-corrected chi connectivity index (χ1v) is 7.95. The van der Waals surface area contributed by atoms with Crippen LogP contribution in [0.2, 0.25) is 0 Å². The molecule has 2 rings (SSSR count). The minimum atomic E-state index is -0.424. The van der Waals surface area contributed by atoms with E-state index in [0.29, 0.717) is 13.0 Å². The van der Waals surface area contributed by atoms with E-state index in [1.54, 1.807) is 6.20 Å². The summed E-state index contributed by atoms with van der Waals surface area (Å²) < 4.78 is 5.53. The van der Waals surface area contributed by atoms with Crippen LogP contribution in [0.4, 0.5) is 5.82 Å². The first kappa shape index (κ1) is 16.7. The van der Waals surface area contributed by atoms with Crippen LogP contribution in [-0.2, 0) is 16.1 Å². The third-order valence-electron chi connectivity index (χ3n) is 3.78. The van der Waals surface area contributed by atoms with E-state index in [2.05, 4.69) is 22.1 Å². The van der Waals surface area contributed by atoms with E-state index in [-0.39, 0.29) is 12.0 Å². The van der Waals surface area contributed by atoms with Crippen molar-refractivity contribution in [1.29, 1.82) is 0 Å². The van der Waals surface area contributed by atoms with Crippen LogP contribution in [0.1, 0.15) is 32.3 Å². The number of nitrogens with zero attached hydrogens (tertiary/aromatic N) is 2. The van der Waals surface area contributed by atoms with Crippen LogP contribution >= 0.6 is 0 Å². The fourth-order valence-corrected chi connectivity index (χ4v) is 2.50. The summed E-state index contributed by atoms with van der Waals surface area (Å²) >= 11 is 0. The van der Waals surface area contributed by atoms with Gasteiger partial charge in [0.15, 0.2) is 0 Å². The zero-order valence-electron chi connectivity index (χ0n) is 13.4. The van der Waals surface area contributed by atoms with Gasteiger partial charge < -0.3 is 20.7 Å². The van der Waals surface area contributed by atoms with Crippen LogP contribution in [0.5, 0.6) is 0 Å². The maximum Gasteiger partial charge on any atom is 0.237 e. The molecule has 0 aromatic carbocycles. The minimum absolute atomic E-state index is 0.104. The first-order chi connectivity index (χ1) is 10.6. The van der Waals surface area contributed by atoms with Gasteiger partial charge in [0.05, 0.1) is 18.8 Å². The molecule has 0 saturated carbocycles. The second-order valence-corrected chi connectivity index (χ2v) is 5.77. The van der Waals surface area contributed by atoms with E-state index in [4.69, 9.17) is 10.5 Å². The van der Waals surface area contributed by atoms with Gasteiger partial charge in [-0.15, -0.1) is 0 Å². The van der Waals surface area contributed by atoms with E-state index >= 15 is 0 Å². The first-order valence-electron chi connectivity index (χ1n) is 7.95. The van der Waals surface area contributed by atoms with Crippen molar-refractivity contribution in [3.63, 3.8) is 0 Å². The van der Waals surface area contributed by atoms with Crippen LogP contribution < -0.4 is 16.0 Å². The highest BCUT2D eigenvalue weighted by Gasteiger charge is 2.17. The molecule has 2 atom stereocenters. The number of nitrogens with one attached hydrogen (secondary N) is 1. The van der Waals surface area contributed by atoms with Gasteiger partial charge in [0.1, 0.15) is 5.82 Å². The van der Waals surface area contributed by atoms with Crippen LogP contribution in [0, 0.1) is 0 Å². The molecule has 6 nitrogen and oxygen atoms in total. The van der Waals surface area contributed by atoms with Crippen molar-refractivity contribution in [3.05, 3.63) is 23.9 Å². The Morgan fingerprint density at radius 2 is 2.41 bits per heavy atom. The molecule has 2 unspecified atom stereocenters. The van der Waals surface area contributed by atoms with Crippen molar-refractivity contribution in [2.24, 2.45) is 5.73 Å². The average Bonchev–Trinajstić information content (AvgIpc) is 2.53. The highest BCUT2D eigenvalue weighted by molar-refractivity contribution is 5.81. The predicted octanol–water partition coefficient (Wildman–Crippen LogP) is 1.05. The summed E-state index contributed by atoms with van der Waals surface area (Å²) in [5.74, 6) is 0.848. The normalized spacial score (nSPS) is 19.8. The lowest BCUT2D eigenvalue weighted by Crippen LogP contribution is -2.41. The van der Waals surface area contributed by atoms with Crippen LogP contribution in [0.3, 0.4) is 0 Å². The molecule has 1 aromatic heterocycles. The van der Waals surface area contributed by atoms with Gasteiger partial charge in [-0.25, -0.2) is 4.98 Å². The zero-order chi connectivity index (χ0) is 15.9. The zero-order valence-corrected chi connectivity index (χ0v) is 13.4. The second kappa shape index (κ2) is 8.10. The fourth-order valence-electron chi connectivity index (χ4n) is 2.50. The number of aromatic nitrogens is 1. The second-order valence-electron chi connectivity index (χ2n) is 5.77. The molecule has 1 aliphatic rings. The largest absolute Gasteiger partial charge is 0.375 e. The number of nitrogens with two attached hydrogens (primary N) is 1. The van der Waals surface area contributed by atoms with Gasteiger partial charge in [0.2, 0.25) is 5.91 Å². The standard InChI is InChI=1S/C16H26N4O2/c1-3-4-14(17)16(21)19-10-13-5-6-15(18-9-13)20-7-8-22-12(2)11-20/h5-6,9,12,14H,3-4,7-8,10-11,17H2,1-2H3,(H,19,21). The molecule has 1 saturated heterocycles. The van der Waals surface area contributed by atoms with E-state index < -0.39 is 6.04 Å². The number of amides is 1. The number of ether oxygens (including phenoxy) is 1. The van der Waals surface area contributed by atoms with Crippen molar-refractivity contribution < 1.29 is 9.53 Å². The van der Waals surface area contributed by atoms with Crippen LogP contribution in [-0.4, -0.2) is 42.7 Å². The monoisotopic (exact) mass is 306 g/mol. The lowest BCUT2D eigenvalue weighted by molar-refractivity contribution is -0.122. The molecule has 122 valence electrons. The molecule has 1 aliphatic heterocycles. The number of rotatable bonds is 6. The number of morpholine rings is 1. The molecule has 0 bridgehead atoms. The summed E-state index contributed by atoms with van der Waals surface area (Å²) in [4.78, 5) is 18.5. The number of carbonyl (C=O) groups excluding carboxylic acids is 1. The molecule has 6 heteroatoms. The van der Waals surface area contributed by atoms with Gasteiger partial charge in [-0.3, -0.25) is 4.79 Å². The van der Waals surface area contributed by atoms with E-state index in [0.717, 1.165) is 37.5 Å². The Balaban J connectivity index is 1.85. The smallest absolute Gasteiger partial charge is 0.237 e. The van der Waals surface area contributed by atoms with Gasteiger partial charge in [0.25, 0.3) is 0 Å². The van der Waals surface area contributed by atoms with E-state index in [9.17, 15) is 4.79 Å². The Labute approximate surface area is 132 Å². The van der Waals surface area contributed by atoms with Crippen molar-refractivity contribution in [1.82, 2.24) is 10.3 Å². The molecule has 1 fully saturated rings. The number of carbonyl (C=O) groups is 1. The van der Waals surface area contributed by atoms with Gasteiger partial charge >= 0.3 is 0 Å². The SMILES string of the molecule is CCCC(N)C(=O)NCc1ccc(N2CCOC(C)C2)nc1. The Hall–Kier alpha value is -1.66. The lowest BCUT2D eigenvalue weighted by atomic mass is 10.1. The summed E-state index contributed by atoms with van der Waals surface area (Å²) in [6.07, 6.45) is 3.65. The number of hydrogen-bond donors (Lipinski definition) is 2. The van der Waals surface area contributed by atoms with Crippen molar-refractivity contribution >= 4 is 11.7 Å². The highest BCUT2D eigenvalue weighted by Crippen LogP contribution is 2.15. The van der Waals surface area contributed by atoms with Gasteiger partial charge in [0, 0.05) is 25.8 Å². The predicted molar refractivity (Wildman–Crippen MR) is 86.6 cm³/mol. The summed E-state index contributed by atoms with van der Waals surface area (Å²) in [6.45, 7) is 6.99. The topological polar surface area (TPSA) is 80.5 Å². The van der Waals surface area contributed by atoms with Crippen molar-refractivity contribution in [2.45, 2.75) is 45.4 Å². The third-order valence-corrected chi connectivity index (χ3v) is 3.78. The maximum absolute atomic E-state index is 11.8. The molecule has 3 N–H and O–H groups in total. The number of hydrogen-bond acceptors (Lipinski definition) is 5. The Morgan fingerprint density at radius 3 is 3.05 bits per heavy atom. The summed E-state index contributed by atoms with van der Waals surface area (Å²) in [5, 5.41) is 2.85. The third kappa shape index (κ3) is 4.68. The molecular weight excluding hydrogens is 280 g/mol. The maximum atomic E-state index is 11.8. The Kier molecular flexibility index (Phi) is 6.15. The van der Waals surface area contributed by atoms with Crippen LogP contribution in [0.25, 0.3) is 0 Å². The Morgan fingerprint density at radius 1 is 1.59 bits per heavy atom. The highest BCUT2D eigenvalue weighted by atomic mass is 16.5. The molecule has 22 heavy (non-hydrogen) atoms. The average molecular weight is 306 g/mol. The summed E-state index contributed by atoms with van der Waals surface area (Å²) in [5.41, 5.74) is 6.75. The molecule has 0 aliphatic carbocycles. The van der Waals surface area contributed by atoms with Crippen LogP contribution in [0.15, 0.2) is 18.3 Å². The number of pyridine rings is 1. The molecule has 0 radical (unpaired) electrons. The van der Waals surface area contributed by atoms with Gasteiger partial charge in [-0.05, 0) is 25.0 Å². The quantitative estimate of drug-likeness (QED) is 0.821. The summed E-state index contributed by atoms with van der Waals surface area (Å²) in [6, 6.07) is 3.56. The van der Waals surface area contributed by atoms with Crippen molar-refractivity contribution in [2.75, 3.05) is 24.6 Å². The van der Waals surface area contributed by atoms with E-state index in [1.165, 1.54) is 0 Å². The molecule has 1 amide bonds. The molecular formula is C16H26N4O2. The minimum Gasteiger partial charge on any atom is -0.375 e. The fraction of sp³-hybridized carbons (Fsp3) is 0.625. The Bertz CT molecular complexity index is 478. The van der Waals surface area contributed by atoms with Gasteiger partial charge in [-0.2, -0.15) is 0 Å². The van der Waals surface area contributed by atoms with Gasteiger partial charge in [-0.1, -0.05) is 19.4 Å². The molecule has 0 spiro atoms. The van der Waals surface area contributed by atoms with Crippen molar-refractivity contribution in [3.8, 4) is 0 Å².